The minimum Gasteiger partial charge on any atom is -0.386 e. The molecule has 0 N–H and O–H groups in total. The summed E-state index contributed by atoms with van der Waals surface area (Å²) in [5, 5.41) is 0. The van der Waals surface area contributed by atoms with E-state index < -0.39 is 24.1 Å². The second-order valence-electron chi connectivity index (χ2n) is 40.9. The second kappa shape index (κ2) is 65.5. The van der Waals surface area contributed by atoms with Crippen LogP contribution in [0.2, 0.25) is 0 Å². The van der Waals surface area contributed by atoms with Crippen molar-refractivity contribution < 1.29 is 18.1 Å². The summed E-state index contributed by atoms with van der Waals surface area (Å²) in [5.41, 5.74) is 18.5. The number of hydrogen-bond acceptors (Lipinski definition) is 4. The van der Waals surface area contributed by atoms with Gasteiger partial charge in [0.15, 0.2) is 0 Å². The van der Waals surface area contributed by atoms with E-state index in [1.54, 1.807) is 0 Å². The summed E-state index contributed by atoms with van der Waals surface area (Å²) >= 11 is 0. The van der Waals surface area contributed by atoms with Crippen molar-refractivity contribution in [2.45, 2.75) is 483 Å². The Morgan fingerprint density at radius 1 is 0.157 bits per heavy atom. The lowest BCUT2D eigenvalue weighted by Crippen LogP contribution is -2.30. The molecule has 734 valence electrons. The van der Waals surface area contributed by atoms with Crippen molar-refractivity contribution in [2.75, 3.05) is 0 Å². The fourth-order valence-corrected chi connectivity index (χ4v) is 22.8. The molecule has 0 aliphatic carbocycles. The molecule has 0 aliphatic rings. The second-order valence-corrected chi connectivity index (χ2v) is 42.3. The molecule has 9 aromatic rings. The van der Waals surface area contributed by atoms with Gasteiger partial charge in [-0.25, -0.2) is 0 Å². The van der Waals surface area contributed by atoms with Crippen molar-refractivity contribution in [3.63, 3.8) is 0 Å². The van der Waals surface area contributed by atoms with Gasteiger partial charge in [-0.15, -0.1) is 0 Å². The van der Waals surface area contributed by atoms with Crippen LogP contribution in [0, 0.1) is 0 Å². The van der Waals surface area contributed by atoms with Gasteiger partial charge in [0.05, 0.1) is 0 Å². The Labute approximate surface area is 822 Å². The van der Waals surface area contributed by atoms with E-state index in [0.717, 1.165) is 77.0 Å². The number of benzene rings is 9. The molecule has 9 aromatic carbocycles. The largest absolute Gasteiger partial charge is 0.647 e. The summed E-state index contributed by atoms with van der Waals surface area (Å²) in [6.07, 6.45) is 77.5. The van der Waals surface area contributed by atoms with Crippen LogP contribution in [0.4, 0.5) is 0 Å². The lowest BCUT2D eigenvalue weighted by molar-refractivity contribution is 0.298. The van der Waals surface area contributed by atoms with E-state index in [1.165, 1.54) is 411 Å². The van der Waals surface area contributed by atoms with Crippen molar-refractivity contribution in [1.82, 2.24) is 0 Å². The van der Waals surface area contributed by atoms with Crippen LogP contribution < -0.4 is 13.6 Å². The maximum Gasteiger partial charge on any atom is 0.647 e. The first-order chi connectivity index (χ1) is 66.0. The van der Waals surface area contributed by atoms with E-state index in [4.69, 9.17) is 13.6 Å². The van der Waals surface area contributed by atoms with Crippen molar-refractivity contribution in [1.29, 1.82) is 0 Å². The van der Waals surface area contributed by atoms with Crippen LogP contribution in [0.15, 0.2) is 218 Å². The summed E-state index contributed by atoms with van der Waals surface area (Å²) in [5.74, 6) is 1.29. The number of unbranched alkanes of at least 4 members (excludes halogenated alkanes) is 45. The SMILES string of the molecule is CCCCCCCCc1ccc(C(CCCCCCCC)(c2ccc(CCCCCCCC)cc2)c2ccc(OP(=O)(Oc3ccc(C(CCCCCCCC)(c4ccc(CCCCCCCC)cc4)c4ccc(CCCCCCCC)cc4)cc3)Oc3ccc(C(CCCCCCCC)(c4ccc(CCCCCCCC)cc4)c4ccc(CCCCCCCC)cc4)cc3)cc2)cc1. The Kier molecular flexibility index (Phi) is 53.9. The van der Waals surface area contributed by atoms with E-state index in [1.807, 2.05) is 0 Å². The van der Waals surface area contributed by atoms with Crippen LogP contribution in [0.1, 0.15) is 512 Å². The normalized spacial score (nSPS) is 12.0. The quantitative estimate of drug-likeness (QED) is 0.0216. The Balaban J connectivity index is 1.18. The topological polar surface area (TPSA) is 44.8 Å². The van der Waals surface area contributed by atoms with Gasteiger partial charge < -0.3 is 13.6 Å². The third-order valence-corrected chi connectivity index (χ3v) is 31.3. The zero-order valence-corrected chi connectivity index (χ0v) is 87.8. The molecule has 0 heterocycles. The van der Waals surface area contributed by atoms with E-state index >= 15 is 4.57 Å². The minimum atomic E-state index is -4.63. The summed E-state index contributed by atoms with van der Waals surface area (Å²) in [6.45, 7) is 20.8. The van der Waals surface area contributed by atoms with Gasteiger partial charge in [-0.3, -0.25) is 0 Å². The van der Waals surface area contributed by atoms with Gasteiger partial charge >= 0.3 is 7.82 Å². The molecule has 9 rings (SSSR count). The van der Waals surface area contributed by atoms with Crippen LogP contribution in [-0.2, 0) is 59.3 Å². The Morgan fingerprint density at radius 2 is 0.276 bits per heavy atom. The zero-order valence-electron chi connectivity index (χ0n) is 86.9. The number of phosphoric acid groups is 1. The van der Waals surface area contributed by atoms with Gasteiger partial charge in [-0.1, -0.05) is 553 Å². The molecule has 0 radical (unpaired) electrons. The van der Waals surface area contributed by atoms with Crippen molar-refractivity contribution in [2.24, 2.45) is 0 Å². The van der Waals surface area contributed by atoms with Gasteiger partial charge in [-0.05, 0) is 216 Å². The number of rotatable bonds is 78. The molecule has 0 aromatic heterocycles. The highest BCUT2D eigenvalue weighted by molar-refractivity contribution is 7.49. The highest BCUT2D eigenvalue weighted by atomic mass is 31.2. The Morgan fingerprint density at radius 3 is 0.418 bits per heavy atom. The van der Waals surface area contributed by atoms with Crippen LogP contribution >= 0.6 is 7.82 Å². The Bertz CT molecular complexity index is 3830. The molecule has 0 atom stereocenters. The van der Waals surface area contributed by atoms with Gasteiger partial charge in [0.1, 0.15) is 17.2 Å². The first kappa shape index (κ1) is 110. The molecule has 0 spiro atoms. The van der Waals surface area contributed by atoms with Gasteiger partial charge in [0, 0.05) is 16.2 Å². The molecule has 4 nitrogen and oxygen atoms in total. The lowest BCUT2D eigenvalue weighted by atomic mass is 9.66. The fourth-order valence-electron chi connectivity index (χ4n) is 21.5. The van der Waals surface area contributed by atoms with Crippen LogP contribution in [0.25, 0.3) is 0 Å². The first-order valence-electron chi connectivity index (χ1n) is 56.5. The predicted molar refractivity (Wildman–Crippen MR) is 584 cm³/mol. The van der Waals surface area contributed by atoms with Crippen molar-refractivity contribution in [3.8, 4) is 17.2 Å². The minimum absolute atomic E-state index is 0.429. The number of hydrogen-bond donors (Lipinski definition) is 0. The highest BCUT2D eigenvalue weighted by Crippen LogP contribution is 2.54. The standard InChI is InChI=1S/C129H189O4P/c1-10-19-28-37-46-55-64-109-70-82-115(83-71-109)127(106-61-52-43-34-25-16-7,116-84-72-110(73-85-116)65-56-47-38-29-20-11-2)121-94-100-124(101-95-121)131-134(130,132-125-102-96-122(97-103-125)128(107-62-53-44-35-26-17-8,117-86-74-111(75-87-117)66-57-48-39-30-21-12-3)118-88-76-112(77-89-118)67-58-49-40-31-22-13-4)133-126-104-98-123(99-105-126)129(108-63-54-45-36-27-18-9,119-90-78-113(79-91-119)68-59-50-41-32-23-14-5)120-92-80-114(81-93-120)69-60-51-42-33-24-15-6/h70-105H,10-69,106-108H2,1-9H3. The Hall–Kier alpha value is -7.39. The molecular weight excluding hydrogens is 1640 g/mol. The van der Waals surface area contributed by atoms with Gasteiger partial charge in [0.2, 0.25) is 0 Å². The van der Waals surface area contributed by atoms with E-state index in [0.29, 0.717) is 17.2 Å². The maximum absolute atomic E-state index is 17.0. The number of aryl methyl sites for hydroxylation is 6. The smallest absolute Gasteiger partial charge is 0.386 e. The van der Waals surface area contributed by atoms with Crippen LogP contribution in [-0.4, -0.2) is 0 Å². The summed E-state index contributed by atoms with van der Waals surface area (Å²) in [7, 11) is -4.63. The molecule has 0 saturated heterocycles. The van der Waals surface area contributed by atoms with Crippen molar-refractivity contribution >= 4 is 7.82 Å². The summed E-state index contributed by atoms with van der Waals surface area (Å²) in [6, 6.07) is 84.7. The average Bonchev–Trinajstić information content (AvgIpc) is 0.759. The molecule has 0 amide bonds. The molecule has 0 bridgehead atoms. The van der Waals surface area contributed by atoms with Gasteiger partial charge in [-0.2, -0.15) is 4.57 Å². The van der Waals surface area contributed by atoms with Crippen LogP contribution in [0.3, 0.4) is 0 Å². The summed E-state index contributed by atoms with van der Waals surface area (Å²) < 4.78 is 38.4. The third kappa shape index (κ3) is 37.1. The number of phosphoric ester groups is 1. The van der Waals surface area contributed by atoms with E-state index in [9.17, 15) is 0 Å². The fraction of sp³-hybridized carbons (Fsp3) is 0.581. The lowest BCUT2D eigenvalue weighted by Gasteiger charge is -2.37. The monoisotopic (exact) mass is 1830 g/mol. The van der Waals surface area contributed by atoms with E-state index in [-0.39, 0.29) is 0 Å². The molecule has 0 unspecified atom stereocenters. The molecule has 5 heteroatoms. The predicted octanol–water partition coefficient (Wildman–Crippen LogP) is 41.0. The molecular formula is C129H189O4P. The van der Waals surface area contributed by atoms with Crippen molar-refractivity contribution in [3.05, 3.63) is 302 Å². The molecule has 0 fully saturated rings. The molecule has 134 heavy (non-hydrogen) atoms. The van der Waals surface area contributed by atoms with Crippen LogP contribution in [0.5, 0.6) is 17.2 Å². The highest BCUT2D eigenvalue weighted by Gasteiger charge is 2.41. The molecule has 0 aliphatic heterocycles. The molecule has 0 saturated carbocycles. The third-order valence-electron chi connectivity index (χ3n) is 30.0. The first-order valence-corrected chi connectivity index (χ1v) is 58.0. The van der Waals surface area contributed by atoms with E-state index in [2.05, 4.69) is 281 Å². The maximum atomic E-state index is 17.0. The van der Waals surface area contributed by atoms with Gasteiger partial charge in [0.25, 0.3) is 0 Å². The average molecular weight is 1830 g/mol. The summed E-state index contributed by atoms with van der Waals surface area (Å²) in [4.78, 5) is 0. The zero-order chi connectivity index (χ0) is 94.5.